The Labute approximate surface area is 137 Å². The second kappa shape index (κ2) is 4.75. The topological polar surface area (TPSA) is 38.3 Å². The fourth-order valence-corrected chi connectivity index (χ4v) is 6.53. The van der Waals surface area contributed by atoms with Crippen molar-refractivity contribution < 1.29 is 9.53 Å². The van der Waals surface area contributed by atoms with Gasteiger partial charge < -0.3 is 10.1 Å². The number of ether oxygens (including phenoxy) is 1. The molecular formula is C20H25NO2. The largest absolute Gasteiger partial charge is 0.495 e. The van der Waals surface area contributed by atoms with E-state index in [1.165, 1.54) is 19.3 Å². The first-order valence-electron chi connectivity index (χ1n) is 9.13. The molecule has 1 atom stereocenters. The smallest absolute Gasteiger partial charge is 0.148 e. The van der Waals surface area contributed by atoms with E-state index in [1.807, 2.05) is 12.1 Å². The molecule has 0 spiro atoms. The van der Waals surface area contributed by atoms with Gasteiger partial charge in [0.25, 0.3) is 0 Å². The fraction of sp³-hybridized carbons (Fsp3) is 0.650. The first kappa shape index (κ1) is 13.9. The maximum atomic E-state index is 13.6. The Morgan fingerprint density at radius 1 is 1.13 bits per heavy atom. The van der Waals surface area contributed by atoms with Gasteiger partial charge >= 0.3 is 0 Å². The lowest BCUT2D eigenvalue weighted by Gasteiger charge is -2.56. The number of nitrogens with one attached hydrogen (secondary N) is 1. The van der Waals surface area contributed by atoms with Crippen LogP contribution in [0.4, 0.5) is 5.69 Å². The maximum absolute atomic E-state index is 13.6. The highest BCUT2D eigenvalue weighted by Gasteiger charge is 2.56. The van der Waals surface area contributed by atoms with Crippen molar-refractivity contribution in [3.63, 3.8) is 0 Å². The van der Waals surface area contributed by atoms with Crippen LogP contribution in [0.3, 0.4) is 0 Å². The zero-order valence-corrected chi connectivity index (χ0v) is 13.8. The molecule has 3 heteroatoms. The molecule has 122 valence electrons. The van der Waals surface area contributed by atoms with E-state index in [4.69, 9.17) is 4.74 Å². The molecule has 1 N–H and O–H groups in total. The highest BCUT2D eigenvalue weighted by Crippen LogP contribution is 2.61. The molecule has 0 amide bonds. The second-order valence-corrected chi connectivity index (χ2v) is 8.42. The monoisotopic (exact) mass is 311 g/mol. The van der Waals surface area contributed by atoms with Crippen LogP contribution in [0.5, 0.6) is 5.75 Å². The van der Waals surface area contributed by atoms with Crippen molar-refractivity contribution in [2.45, 2.75) is 44.4 Å². The third-order valence-corrected chi connectivity index (χ3v) is 7.01. The number of benzene rings is 1. The molecule has 6 rings (SSSR count). The van der Waals surface area contributed by atoms with Gasteiger partial charge in [0.05, 0.1) is 18.7 Å². The summed E-state index contributed by atoms with van der Waals surface area (Å²) in [5, 5.41) is 3.44. The fourth-order valence-electron chi connectivity index (χ4n) is 6.53. The van der Waals surface area contributed by atoms with E-state index in [1.54, 1.807) is 7.11 Å². The van der Waals surface area contributed by atoms with Gasteiger partial charge in [-0.3, -0.25) is 4.79 Å². The van der Waals surface area contributed by atoms with Gasteiger partial charge in [0.1, 0.15) is 11.5 Å². The number of hydrogen-bond acceptors (Lipinski definition) is 3. The van der Waals surface area contributed by atoms with Gasteiger partial charge in [-0.05, 0) is 67.9 Å². The van der Waals surface area contributed by atoms with Gasteiger partial charge in [-0.25, -0.2) is 0 Å². The molecule has 1 heterocycles. The summed E-state index contributed by atoms with van der Waals surface area (Å²) in [7, 11) is 1.70. The van der Waals surface area contributed by atoms with Crippen molar-refractivity contribution in [2.24, 2.45) is 23.2 Å². The average molecular weight is 311 g/mol. The van der Waals surface area contributed by atoms with E-state index >= 15 is 0 Å². The Hall–Kier alpha value is -1.51. The summed E-state index contributed by atoms with van der Waals surface area (Å²) in [5.41, 5.74) is 2.19. The highest BCUT2D eigenvalue weighted by atomic mass is 16.5. The van der Waals surface area contributed by atoms with Crippen LogP contribution in [0.2, 0.25) is 0 Å². The predicted molar refractivity (Wildman–Crippen MR) is 89.8 cm³/mol. The lowest BCUT2D eigenvalue weighted by atomic mass is 9.47. The number of para-hydroxylation sites is 1. The van der Waals surface area contributed by atoms with Crippen LogP contribution in [0.25, 0.3) is 0 Å². The number of carbonyl (C=O) groups is 1. The first-order chi connectivity index (χ1) is 11.2. The number of rotatable bonds is 3. The van der Waals surface area contributed by atoms with Gasteiger partial charge in [-0.15, -0.1) is 0 Å². The third-order valence-electron chi connectivity index (χ3n) is 7.01. The van der Waals surface area contributed by atoms with Gasteiger partial charge in [0.15, 0.2) is 0 Å². The van der Waals surface area contributed by atoms with Crippen LogP contribution in [0.1, 0.15) is 50.0 Å². The van der Waals surface area contributed by atoms with Crippen LogP contribution in [0, 0.1) is 23.2 Å². The maximum Gasteiger partial charge on any atom is 0.148 e. The summed E-state index contributed by atoms with van der Waals surface area (Å²) in [6.07, 6.45) is 7.65. The molecule has 23 heavy (non-hydrogen) atoms. The normalized spacial score (nSPS) is 39.9. The minimum Gasteiger partial charge on any atom is -0.495 e. The Kier molecular flexibility index (Phi) is 2.87. The lowest BCUT2D eigenvalue weighted by molar-refractivity contribution is -0.145. The van der Waals surface area contributed by atoms with Gasteiger partial charge in [-0.1, -0.05) is 12.1 Å². The molecule has 4 aliphatic carbocycles. The molecule has 4 fully saturated rings. The molecule has 1 aromatic rings. The molecule has 4 bridgehead atoms. The second-order valence-electron chi connectivity index (χ2n) is 8.42. The Balaban J connectivity index is 1.49. The van der Waals surface area contributed by atoms with Crippen LogP contribution < -0.4 is 10.1 Å². The molecule has 3 nitrogen and oxygen atoms in total. The van der Waals surface area contributed by atoms with Crippen LogP contribution in [-0.4, -0.2) is 19.4 Å². The molecule has 4 saturated carbocycles. The number of Topliss-reactive ketones (excluding diaryl/α,β-unsaturated/α-hetero) is 1. The van der Waals surface area contributed by atoms with Crippen LogP contribution >= 0.6 is 0 Å². The lowest BCUT2D eigenvalue weighted by Crippen LogP contribution is -2.51. The average Bonchev–Trinajstić information content (AvgIpc) is 2.96. The number of ketones is 1. The van der Waals surface area contributed by atoms with Crippen LogP contribution in [-0.2, 0) is 4.79 Å². The minimum absolute atomic E-state index is 0.00815. The quantitative estimate of drug-likeness (QED) is 0.917. The van der Waals surface area contributed by atoms with Gasteiger partial charge in [0.2, 0.25) is 0 Å². The van der Waals surface area contributed by atoms with Gasteiger partial charge in [-0.2, -0.15) is 0 Å². The number of fused-ring (bicyclic) bond motifs is 1. The van der Waals surface area contributed by atoms with E-state index in [0.717, 1.165) is 60.6 Å². The van der Waals surface area contributed by atoms with Crippen molar-refractivity contribution in [1.82, 2.24) is 0 Å². The van der Waals surface area contributed by atoms with E-state index in [9.17, 15) is 4.79 Å². The predicted octanol–water partition coefficient (Wildman–Crippen LogP) is 3.99. The summed E-state index contributed by atoms with van der Waals surface area (Å²) in [6.45, 7) is 0.746. The van der Waals surface area contributed by atoms with Crippen molar-refractivity contribution in [1.29, 1.82) is 0 Å². The number of hydrogen-bond donors (Lipinski definition) is 1. The van der Waals surface area contributed by atoms with Gasteiger partial charge in [0, 0.05) is 12.0 Å². The standard InChI is InChI=1S/C20H25NO2/c1-23-17-4-2-3-15-16(11-21-18(15)17)19(22)20-8-12-5-13(9-20)7-14(6-12)10-20/h2-4,12-14,16,21H,5-11H2,1H3. The van der Waals surface area contributed by atoms with E-state index in [0.29, 0.717) is 5.78 Å². The SMILES string of the molecule is COc1cccc2c1NCC2C(=O)C12CC3CC(CC(C3)C1)C2. The molecule has 1 aromatic carbocycles. The summed E-state index contributed by atoms with van der Waals surface area (Å²) in [5.74, 6) is 3.88. The Morgan fingerprint density at radius 3 is 2.39 bits per heavy atom. The molecule has 1 aliphatic heterocycles. The van der Waals surface area contributed by atoms with Crippen molar-refractivity contribution in [3.8, 4) is 5.75 Å². The van der Waals surface area contributed by atoms with E-state index < -0.39 is 0 Å². The third kappa shape index (κ3) is 1.91. The van der Waals surface area contributed by atoms with E-state index in [-0.39, 0.29) is 11.3 Å². The molecule has 0 aromatic heterocycles. The Bertz CT molecular complexity index is 630. The number of carbonyl (C=O) groups excluding carboxylic acids is 1. The first-order valence-corrected chi connectivity index (χ1v) is 9.13. The minimum atomic E-state index is -0.00815. The van der Waals surface area contributed by atoms with Crippen molar-refractivity contribution >= 4 is 11.5 Å². The molecular weight excluding hydrogens is 286 g/mol. The number of methoxy groups -OCH3 is 1. The summed E-state index contributed by atoms with van der Waals surface area (Å²) in [4.78, 5) is 13.6. The molecule has 0 radical (unpaired) electrons. The molecule has 0 saturated heterocycles. The van der Waals surface area contributed by atoms with E-state index in [2.05, 4.69) is 11.4 Å². The summed E-state index contributed by atoms with van der Waals surface area (Å²) in [6, 6.07) is 6.11. The molecule has 5 aliphatic rings. The Morgan fingerprint density at radius 2 is 1.78 bits per heavy atom. The molecule has 1 unspecified atom stereocenters. The number of anilines is 1. The highest BCUT2D eigenvalue weighted by molar-refractivity contribution is 5.95. The summed E-state index contributed by atoms with van der Waals surface area (Å²) < 4.78 is 5.46. The van der Waals surface area contributed by atoms with Crippen molar-refractivity contribution in [2.75, 3.05) is 19.0 Å². The summed E-state index contributed by atoms with van der Waals surface area (Å²) >= 11 is 0. The zero-order chi connectivity index (χ0) is 15.6. The van der Waals surface area contributed by atoms with Crippen LogP contribution in [0.15, 0.2) is 18.2 Å². The van der Waals surface area contributed by atoms with Crippen molar-refractivity contribution in [3.05, 3.63) is 23.8 Å². The zero-order valence-electron chi connectivity index (χ0n) is 13.8.